The van der Waals surface area contributed by atoms with E-state index in [2.05, 4.69) is 10.2 Å². The Balaban J connectivity index is 1.60. The molecule has 0 spiro atoms. The summed E-state index contributed by atoms with van der Waals surface area (Å²) in [6.07, 6.45) is 3.61. The third-order valence-corrected chi connectivity index (χ3v) is 4.82. The third kappa shape index (κ3) is 4.94. The van der Waals surface area contributed by atoms with Gasteiger partial charge in [-0.2, -0.15) is 10.2 Å². The molecule has 0 atom stereocenters. The second-order valence-corrected chi connectivity index (χ2v) is 6.56. The summed E-state index contributed by atoms with van der Waals surface area (Å²) in [7, 11) is 6.51. The number of piperazine rings is 1. The number of hydrazone groups is 2. The minimum atomic E-state index is 0.680. The first-order valence-corrected chi connectivity index (χ1v) is 9.70. The summed E-state index contributed by atoms with van der Waals surface area (Å²) in [4.78, 5) is 0. The van der Waals surface area contributed by atoms with Crippen LogP contribution in [-0.2, 0) is 0 Å². The summed E-state index contributed by atoms with van der Waals surface area (Å²) in [6, 6.07) is 11.5. The summed E-state index contributed by atoms with van der Waals surface area (Å²) in [5.41, 5.74) is 1.75. The molecule has 1 heterocycles. The van der Waals surface area contributed by atoms with Gasteiger partial charge in [0.15, 0.2) is 23.0 Å². The van der Waals surface area contributed by atoms with Gasteiger partial charge in [-0.05, 0) is 24.3 Å². The third-order valence-electron chi connectivity index (χ3n) is 4.82. The van der Waals surface area contributed by atoms with E-state index in [1.54, 1.807) is 40.9 Å². The minimum Gasteiger partial charge on any atom is -0.493 e. The SMILES string of the molecule is COc1cccc(C=NN2CCN(N=Cc3cccc(OC)c3OC)CC2)c1OC. The lowest BCUT2D eigenvalue weighted by Crippen LogP contribution is -2.41. The normalized spacial score (nSPS) is 14.4. The van der Waals surface area contributed by atoms with Crippen molar-refractivity contribution in [2.24, 2.45) is 10.2 Å². The molecule has 1 aliphatic rings. The van der Waals surface area contributed by atoms with E-state index in [-0.39, 0.29) is 0 Å². The second kappa shape index (κ2) is 10.4. The molecule has 2 aromatic rings. The maximum atomic E-state index is 5.45. The number of nitrogens with zero attached hydrogens (tertiary/aromatic N) is 4. The maximum Gasteiger partial charge on any atom is 0.169 e. The van der Waals surface area contributed by atoms with Crippen molar-refractivity contribution in [2.75, 3.05) is 54.6 Å². The molecular formula is C22H28N4O4. The van der Waals surface area contributed by atoms with Crippen molar-refractivity contribution < 1.29 is 18.9 Å². The van der Waals surface area contributed by atoms with E-state index < -0.39 is 0 Å². The number of hydrogen-bond donors (Lipinski definition) is 0. The highest BCUT2D eigenvalue weighted by Gasteiger charge is 2.15. The monoisotopic (exact) mass is 412 g/mol. The largest absolute Gasteiger partial charge is 0.493 e. The van der Waals surface area contributed by atoms with Gasteiger partial charge in [0.1, 0.15) is 0 Å². The zero-order valence-electron chi connectivity index (χ0n) is 17.9. The van der Waals surface area contributed by atoms with Crippen molar-refractivity contribution in [3.05, 3.63) is 47.5 Å². The average molecular weight is 412 g/mol. The van der Waals surface area contributed by atoms with Crippen LogP contribution in [0, 0.1) is 0 Å². The molecule has 0 aromatic heterocycles. The number of hydrogen-bond acceptors (Lipinski definition) is 8. The van der Waals surface area contributed by atoms with Crippen LogP contribution < -0.4 is 18.9 Å². The number of para-hydroxylation sites is 2. The van der Waals surface area contributed by atoms with Gasteiger partial charge < -0.3 is 18.9 Å². The maximum absolute atomic E-state index is 5.45. The Bertz CT molecular complexity index is 819. The molecule has 1 fully saturated rings. The Kier molecular flexibility index (Phi) is 7.37. The topological polar surface area (TPSA) is 68.1 Å². The summed E-state index contributed by atoms with van der Waals surface area (Å²) < 4.78 is 21.6. The molecule has 8 heteroatoms. The van der Waals surface area contributed by atoms with Gasteiger partial charge >= 0.3 is 0 Å². The van der Waals surface area contributed by atoms with Crippen LogP contribution in [0.3, 0.4) is 0 Å². The fourth-order valence-electron chi connectivity index (χ4n) is 3.23. The van der Waals surface area contributed by atoms with Crippen molar-refractivity contribution >= 4 is 12.4 Å². The van der Waals surface area contributed by atoms with Crippen molar-refractivity contribution in [1.82, 2.24) is 10.0 Å². The van der Waals surface area contributed by atoms with Crippen molar-refractivity contribution in [3.8, 4) is 23.0 Å². The van der Waals surface area contributed by atoms with Crippen LogP contribution in [0.2, 0.25) is 0 Å². The predicted molar refractivity (Wildman–Crippen MR) is 117 cm³/mol. The van der Waals surface area contributed by atoms with E-state index in [9.17, 15) is 0 Å². The molecule has 1 saturated heterocycles. The summed E-state index contributed by atoms with van der Waals surface area (Å²) in [5.74, 6) is 2.74. The minimum absolute atomic E-state index is 0.680. The van der Waals surface area contributed by atoms with Gasteiger partial charge in [0.2, 0.25) is 0 Å². The average Bonchev–Trinajstić information content (AvgIpc) is 2.81. The Morgan fingerprint density at radius 1 is 0.633 bits per heavy atom. The van der Waals surface area contributed by atoms with Crippen LogP contribution >= 0.6 is 0 Å². The Labute approximate surface area is 177 Å². The highest BCUT2D eigenvalue weighted by Crippen LogP contribution is 2.30. The van der Waals surface area contributed by atoms with E-state index in [1.807, 2.05) is 46.4 Å². The zero-order valence-corrected chi connectivity index (χ0v) is 17.9. The molecule has 0 unspecified atom stereocenters. The van der Waals surface area contributed by atoms with Gasteiger partial charge in [-0.25, -0.2) is 0 Å². The smallest absolute Gasteiger partial charge is 0.169 e. The summed E-state index contributed by atoms with van der Waals surface area (Å²) in [6.45, 7) is 3.09. The molecule has 0 N–H and O–H groups in total. The lowest BCUT2D eigenvalue weighted by Gasteiger charge is -2.31. The quantitative estimate of drug-likeness (QED) is 0.621. The molecule has 0 aliphatic carbocycles. The molecule has 0 amide bonds. The number of ether oxygens (including phenoxy) is 4. The van der Waals surface area contributed by atoms with Crippen molar-refractivity contribution in [1.29, 1.82) is 0 Å². The molecule has 30 heavy (non-hydrogen) atoms. The van der Waals surface area contributed by atoms with Gasteiger partial charge in [0.25, 0.3) is 0 Å². The van der Waals surface area contributed by atoms with Crippen molar-refractivity contribution in [2.45, 2.75) is 0 Å². The van der Waals surface area contributed by atoms with Gasteiger partial charge in [0.05, 0.1) is 67.0 Å². The van der Waals surface area contributed by atoms with Gasteiger partial charge in [0, 0.05) is 11.1 Å². The van der Waals surface area contributed by atoms with E-state index in [0.717, 1.165) is 37.3 Å². The number of benzene rings is 2. The molecule has 0 bridgehead atoms. The highest BCUT2D eigenvalue weighted by molar-refractivity contribution is 5.85. The molecule has 0 radical (unpaired) electrons. The standard InChI is InChI=1S/C22H28N4O4/c1-27-19-9-5-7-17(21(19)29-3)15-23-25-11-13-26(14-12-25)24-16-18-8-6-10-20(28-2)22(18)30-4/h5-10,15-16H,11-14H2,1-4H3. The van der Waals surface area contributed by atoms with Crippen LogP contribution in [-0.4, -0.2) is 77.1 Å². The van der Waals surface area contributed by atoms with Gasteiger partial charge in [-0.15, -0.1) is 0 Å². The highest BCUT2D eigenvalue weighted by atomic mass is 16.5. The molecule has 3 rings (SSSR count). The molecule has 2 aromatic carbocycles. The predicted octanol–water partition coefficient (Wildman–Crippen LogP) is 2.71. The lowest BCUT2D eigenvalue weighted by atomic mass is 10.2. The summed E-state index contributed by atoms with van der Waals surface area (Å²) >= 11 is 0. The molecule has 160 valence electrons. The van der Waals surface area contributed by atoms with Crippen LogP contribution in [0.5, 0.6) is 23.0 Å². The van der Waals surface area contributed by atoms with E-state index in [0.29, 0.717) is 23.0 Å². The zero-order chi connectivity index (χ0) is 21.3. The first kappa shape index (κ1) is 21.3. The van der Waals surface area contributed by atoms with Gasteiger partial charge in [-0.1, -0.05) is 12.1 Å². The van der Waals surface area contributed by atoms with Crippen LogP contribution in [0.15, 0.2) is 46.6 Å². The van der Waals surface area contributed by atoms with Gasteiger partial charge in [-0.3, -0.25) is 10.0 Å². The lowest BCUT2D eigenvalue weighted by molar-refractivity contribution is 0.141. The molecule has 1 aliphatic heterocycles. The Morgan fingerprint density at radius 3 is 1.37 bits per heavy atom. The van der Waals surface area contributed by atoms with Crippen LogP contribution in [0.1, 0.15) is 11.1 Å². The van der Waals surface area contributed by atoms with Crippen LogP contribution in [0.25, 0.3) is 0 Å². The Hall–Kier alpha value is -3.42. The fourth-order valence-corrected chi connectivity index (χ4v) is 3.23. The molecule has 0 saturated carbocycles. The van der Waals surface area contributed by atoms with E-state index in [4.69, 9.17) is 18.9 Å². The van der Waals surface area contributed by atoms with E-state index >= 15 is 0 Å². The fraction of sp³-hybridized carbons (Fsp3) is 0.364. The molecule has 8 nitrogen and oxygen atoms in total. The first-order valence-electron chi connectivity index (χ1n) is 9.70. The first-order chi connectivity index (χ1) is 14.7. The van der Waals surface area contributed by atoms with Crippen molar-refractivity contribution in [3.63, 3.8) is 0 Å². The Morgan fingerprint density at radius 2 is 1.03 bits per heavy atom. The second-order valence-electron chi connectivity index (χ2n) is 6.56. The number of methoxy groups -OCH3 is 4. The molecular weight excluding hydrogens is 384 g/mol. The summed E-state index contributed by atoms with van der Waals surface area (Å²) in [5, 5.41) is 13.2. The number of rotatable bonds is 8. The van der Waals surface area contributed by atoms with E-state index in [1.165, 1.54) is 0 Å². The van der Waals surface area contributed by atoms with Crippen LogP contribution in [0.4, 0.5) is 0 Å².